The van der Waals surface area contributed by atoms with Gasteiger partial charge in [0.25, 0.3) is 0 Å². The van der Waals surface area contributed by atoms with Crippen LogP contribution in [0.15, 0.2) is 30.6 Å². The van der Waals surface area contributed by atoms with E-state index in [9.17, 15) is 14.4 Å². The standard InChI is InChI=1S/C30H38ClN5O5/c1-29(2,3)41-28(39)35-10-6-7-18(14-35)25(37)15-36-17-30(4,5)40-16-24(36)27(38)34-22-12-19(31)11-21-20-8-9-32-13-23(20)33-26(21)22/h8-9,11-13,18,24,33H,6-7,10,14-17H2,1-5H3,(H,34,38)/t18?,24-/m0/s1. The van der Waals surface area contributed by atoms with Crippen LogP contribution in [0.25, 0.3) is 21.8 Å². The minimum absolute atomic E-state index is 0.00187. The number of amides is 2. The van der Waals surface area contributed by atoms with E-state index in [0.717, 1.165) is 28.2 Å². The van der Waals surface area contributed by atoms with Crippen LogP contribution in [0.4, 0.5) is 10.5 Å². The fourth-order valence-electron chi connectivity index (χ4n) is 5.66. The van der Waals surface area contributed by atoms with E-state index in [1.165, 1.54) is 0 Å². The minimum atomic E-state index is -0.683. The Hall–Kier alpha value is -3.21. The maximum absolute atomic E-state index is 13.7. The zero-order valence-electron chi connectivity index (χ0n) is 24.3. The first-order valence-corrected chi connectivity index (χ1v) is 14.4. The molecule has 0 aliphatic carbocycles. The molecule has 2 aliphatic rings. The molecule has 1 unspecified atom stereocenters. The molecular weight excluding hydrogens is 546 g/mol. The molecular formula is C30H38ClN5O5. The number of carbonyl (C=O) groups excluding carboxylic acids is 3. The van der Waals surface area contributed by atoms with Crippen LogP contribution in [-0.4, -0.2) is 87.6 Å². The number of fused-ring (bicyclic) bond motifs is 3. The van der Waals surface area contributed by atoms with Crippen LogP contribution in [0.1, 0.15) is 47.5 Å². The second-order valence-corrected chi connectivity index (χ2v) is 13.1. The molecule has 2 aliphatic heterocycles. The number of likely N-dealkylation sites (tertiary alicyclic amines) is 1. The Balaban J connectivity index is 1.32. The van der Waals surface area contributed by atoms with Crippen molar-refractivity contribution in [1.82, 2.24) is 19.8 Å². The van der Waals surface area contributed by atoms with Gasteiger partial charge in [-0.05, 0) is 65.7 Å². The van der Waals surface area contributed by atoms with Gasteiger partial charge in [0.1, 0.15) is 11.6 Å². The molecule has 10 nitrogen and oxygen atoms in total. The second-order valence-electron chi connectivity index (χ2n) is 12.6. The molecule has 0 bridgehead atoms. The number of nitrogens with one attached hydrogen (secondary N) is 2. The minimum Gasteiger partial charge on any atom is -0.444 e. The largest absolute Gasteiger partial charge is 0.444 e. The van der Waals surface area contributed by atoms with Crippen LogP contribution >= 0.6 is 11.6 Å². The summed E-state index contributed by atoms with van der Waals surface area (Å²) in [7, 11) is 0. The van der Waals surface area contributed by atoms with Gasteiger partial charge in [0, 0.05) is 47.5 Å². The van der Waals surface area contributed by atoms with Crippen LogP contribution in [0.3, 0.4) is 0 Å². The fourth-order valence-corrected chi connectivity index (χ4v) is 5.87. The summed E-state index contributed by atoms with van der Waals surface area (Å²) in [6, 6.07) is 4.78. The number of Topliss-reactive ketones (excluding diaryl/α,β-unsaturated/α-hetero) is 1. The maximum Gasteiger partial charge on any atom is 0.410 e. The van der Waals surface area contributed by atoms with E-state index in [4.69, 9.17) is 21.1 Å². The van der Waals surface area contributed by atoms with Crippen molar-refractivity contribution in [3.63, 3.8) is 0 Å². The highest BCUT2D eigenvalue weighted by Crippen LogP contribution is 2.34. The highest BCUT2D eigenvalue weighted by molar-refractivity contribution is 6.33. The molecule has 0 radical (unpaired) electrons. The van der Waals surface area contributed by atoms with Crippen molar-refractivity contribution >= 4 is 56.9 Å². The molecule has 3 aromatic rings. The molecule has 0 saturated carbocycles. The van der Waals surface area contributed by atoms with Gasteiger partial charge in [0.15, 0.2) is 5.78 Å². The van der Waals surface area contributed by atoms with Crippen molar-refractivity contribution in [2.45, 2.75) is 64.7 Å². The number of nitrogens with zero attached hydrogens (tertiary/aromatic N) is 3. The number of halogens is 1. The molecule has 4 heterocycles. The van der Waals surface area contributed by atoms with Gasteiger partial charge in [-0.15, -0.1) is 0 Å². The zero-order valence-corrected chi connectivity index (χ0v) is 25.0. The van der Waals surface area contributed by atoms with Crippen LogP contribution in [0.2, 0.25) is 5.02 Å². The topological polar surface area (TPSA) is 117 Å². The Morgan fingerprint density at radius 2 is 2.02 bits per heavy atom. The molecule has 2 N–H and O–H groups in total. The number of benzene rings is 1. The number of carbonyl (C=O) groups is 3. The van der Waals surface area contributed by atoms with E-state index in [1.807, 2.05) is 51.7 Å². The number of H-pyrrole nitrogens is 1. The van der Waals surface area contributed by atoms with Gasteiger partial charge in [-0.25, -0.2) is 4.79 Å². The smallest absolute Gasteiger partial charge is 0.410 e. The zero-order chi connectivity index (χ0) is 29.5. The molecule has 5 rings (SSSR count). The van der Waals surface area contributed by atoms with Gasteiger partial charge in [-0.2, -0.15) is 0 Å². The lowest BCUT2D eigenvalue weighted by atomic mass is 9.92. The first-order chi connectivity index (χ1) is 19.3. The van der Waals surface area contributed by atoms with Crippen LogP contribution in [-0.2, 0) is 19.1 Å². The number of piperidine rings is 1. The lowest BCUT2D eigenvalue weighted by Crippen LogP contribution is -2.60. The Morgan fingerprint density at radius 1 is 1.24 bits per heavy atom. The number of hydrogen-bond acceptors (Lipinski definition) is 7. The maximum atomic E-state index is 13.7. The van der Waals surface area contributed by atoms with Crippen molar-refractivity contribution in [3.8, 4) is 0 Å². The number of ketones is 1. The van der Waals surface area contributed by atoms with Gasteiger partial charge in [0.05, 0.1) is 41.7 Å². The Kier molecular flexibility index (Phi) is 8.02. The predicted molar refractivity (Wildman–Crippen MR) is 158 cm³/mol. The molecule has 41 heavy (non-hydrogen) atoms. The van der Waals surface area contributed by atoms with Crippen LogP contribution in [0, 0.1) is 5.92 Å². The summed E-state index contributed by atoms with van der Waals surface area (Å²) in [5.74, 6) is -0.604. The third-order valence-electron chi connectivity index (χ3n) is 7.58. The van der Waals surface area contributed by atoms with Crippen molar-refractivity contribution < 1.29 is 23.9 Å². The van der Waals surface area contributed by atoms with Gasteiger partial charge < -0.3 is 24.7 Å². The monoisotopic (exact) mass is 583 g/mol. The Bertz CT molecular complexity index is 1480. The van der Waals surface area contributed by atoms with Gasteiger partial charge in [-0.3, -0.25) is 19.5 Å². The number of rotatable bonds is 5. The predicted octanol–water partition coefficient (Wildman–Crippen LogP) is 5.00. The molecule has 220 valence electrons. The van der Waals surface area contributed by atoms with Crippen molar-refractivity contribution in [2.75, 3.05) is 38.1 Å². The third kappa shape index (κ3) is 6.66. The molecule has 2 atom stereocenters. The van der Waals surface area contributed by atoms with E-state index in [-0.39, 0.29) is 30.8 Å². The average molecular weight is 584 g/mol. The average Bonchev–Trinajstić information content (AvgIpc) is 3.26. The van der Waals surface area contributed by atoms with E-state index >= 15 is 0 Å². The number of morpholine rings is 1. The third-order valence-corrected chi connectivity index (χ3v) is 7.80. The highest BCUT2D eigenvalue weighted by atomic mass is 35.5. The molecule has 0 spiro atoms. The number of pyridine rings is 1. The number of anilines is 1. The fraction of sp³-hybridized carbons (Fsp3) is 0.533. The van der Waals surface area contributed by atoms with Crippen molar-refractivity contribution in [3.05, 3.63) is 35.6 Å². The molecule has 1 aromatic carbocycles. The van der Waals surface area contributed by atoms with E-state index in [1.54, 1.807) is 23.4 Å². The molecule has 2 fully saturated rings. The van der Waals surface area contributed by atoms with E-state index in [0.29, 0.717) is 36.8 Å². The number of hydrogen-bond donors (Lipinski definition) is 2. The molecule has 2 amide bonds. The van der Waals surface area contributed by atoms with Crippen molar-refractivity contribution in [2.24, 2.45) is 5.92 Å². The normalized spacial score (nSPS) is 21.7. The van der Waals surface area contributed by atoms with E-state index in [2.05, 4.69) is 15.3 Å². The molecule has 2 aromatic heterocycles. The summed E-state index contributed by atoms with van der Waals surface area (Å²) >= 11 is 6.44. The van der Waals surface area contributed by atoms with Crippen LogP contribution < -0.4 is 5.32 Å². The second kappa shape index (κ2) is 11.2. The summed E-state index contributed by atoms with van der Waals surface area (Å²) in [4.78, 5) is 50.9. The lowest BCUT2D eigenvalue weighted by molar-refractivity contribution is -0.147. The number of aromatic amines is 1. The van der Waals surface area contributed by atoms with Gasteiger partial charge in [-0.1, -0.05) is 11.6 Å². The summed E-state index contributed by atoms with van der Waals surface area (Å²) in [6.07, 6.45) is 4.45. The van der Waals surface area contributed by atoms with E-state index < -0.39 is 23.3 Å². The lowest BCUT2D eigenvalue weighted by Gasteiger charge is -2.43. The Morgan fingerprint density at radius 3 is 2.78 bits per heavy atom. The van der Waals surface area contributed by atoms with Crippen molar-refractivity contribution in [1.29, 1.82) is 0 Å². The molecule has 11 heteroatoms. The summed E-state index contributed by atoms with van der Waals surface area (Å²) in [5.41, 5.74) is 0.995. The SMILES string of the molecule is CC(C)(C)OC(=O)N1CCCC(C(=O)CN2CC(C)(C)OC[C@H]2C(=O)Nc2cc(Cl)cc3c2[nH]c2cnccc23)C1. The first kappa shape index (κ1) is 29.3. The highest BCUT2D eigenvalue weighted by Gasteiger charge is 2.40. The van der Waals surface area contributed by atoms with Crippen LogP contribution in [0.5, 0.6) is 0 Å². The first-order valence-electron chi connectivity index (χ1n) is 14.0. The Labute approximate surface area is 244 Å². The summed E-state index contributed by atoms with van der Waals surface area (Å²) < 4.78 is 11.5. The number of ether oxygens (including phenoxy) is 2. The quantitative estimate of drug-likeness (QED) is 0.434. The summed E-state index contributed by atoms with van der Waals surface area (Å²) in [6.45, 7) is 10.9. The number of aromatic nitrogens is 2. The molecule has 2 saturated heterocycles. The van der Waals surface area contributed by atoms with Gasteiger partial charge >= 0.3 is 6.09 Å². The van der Waals surface area contributed by atoms with Gasteiger partial charge in [0.2, 0.25) is 5.91 Å². The summed E-state index contributed by atoms with van der Waals surface area (Å²) in [5, 5.41) is 5.36.